The Morgan fingerprint density at radius 3 is 2.89 bits per heavy atom. The third kappa shape index (κ3) is 4.40. The van der Waals surface area contributed by atoms with E-state index in [-0.39, 0.29) is 17.3 Å². The van der Waals surface area contributed by atoms with Crippen molar-refractivity contribution in [1.29, 1.82) is 0 Å². The van der Waals surface area contributed by atoms with Gasteiger partial charge in [-0.05, 0) is 12.8 Å². The van der Waals surface area contributed by atoms with Gasteiger partial charge in [-0.3, -0.25) is 9.40 Å². The normalized spacial score (nSPS) is 11.1. The standard InChI is InChI=1S/C11H17N3O4S/c1-4-5-6-7-19(16,17)13-10-8-9(11(15)18-3)12-14(10)2/h4,8,13H,1,5-7H2,2-3H3. The molecule has 1 aromatic heterocycles. The van der Waals surface area contributed by atoms with E-state index in [1.807, 2.05) is 0 Å². The van der Waals surface area contributed by atoms with Crippen molar-refractivity contribution in [2.24, 2.45) is 7.05 Å². The van der Waals surface area contributed by atoms with E-state index in [1.54, 1.807) is 6.08 Å². The Kier molecular flexibility index (Phi) is 5.11. The number of carbonyl (C=O) groups is 1. The van der Waals surface area contributed by atoms with Crippen LogP contribution >= 0.6 is 0 Å². The van der Waals surface area contributed by atoms with Crippen LogP contribution in [0, 0.1) is 0 Å². The third-order valence-electron chi connectivity index (χ3n) is 2.36. The predicted octanol–water partition coefficient (Wildman–Crippen LogP) is 0.915. The van der Waals surface area contributed by atoms with Crippen LogP contribution in [0.4, 0.5) is 5.82 Å². The first kappa shape index (κ1) is 15.2. The van der Waals surface area contributed by atoms with Gasteiger partial charge in [0.2, 0.25) is 10.0 Å². The Morgan fingerprint density at radius 1 is 1.63 bits per heavy atom. The Morgan fingerprint density at radius 2 is 2.32 bits per heavy atom. The second-order valence-electron chi connectivity index (χ2n) is 3.88. The van der Waals surface area contributed by atoms with Gasteiger partial charge in [-0.2, -0.15) is 5.10 Å². The van der Waals surface area contributed by atoms with Crippen molar-refractivity contribution in [2.45, 2.75) is 12.8 Å². The van der Waals surface area contributed by atoms with Gasteiger partial charge in [0.15, 0.2) is 5.69 Å². The zero-order valence-corrected chi connectivity index (χ0v) is 11.7. The Bertz CT molecular complexity index is 562. The first-order valence-corrected chi connectivity index (χ1v) is 7.28. The molecule has 0 atom stereocenters. The molecule has 0 aliphatic heterocycles. The van der Waals surface area contributed by atoms with Crippen LogP contribution < -0.4 is 4.72 Å². The molecule has 7 nitrogen and oxygen atoms in total. The molecule has 19 heavy (non-hydrogen) atoms. The number of esters is 1. The summed E-state index contributed by atoms with van der Waals surface area (Å²) in [5.74, 6) is -0.413. The summed E-state index contributed by atoms with van der Waals surface area (Å²) in [7, 11) is -0.691. The van der Waals surface area contributed by atoms with Gasteiger partial charge in [0.25, 0.3) is 0 Å². The monoisotopic (exact) mass is 287 g/mol. The summed E-state index contributed by atoms with van der Waals surface area (Å²) in [5, 5.41) is 3.86. The number of carbonyl (C=O) groups excluding carboxylic acids is 1. The molecular formula is C11H17N3O4S. The highest BCUT2D eigenvalue weighted by Crippen LogP contribution is 2.12. The fourth-order valence-electron chi connectivity index (χ4n) is 1.40. The molecule has 0 spiro atoms. The van der Waals surface area contributed by atoms with Crippen LogP contribution in [-0.2, 0) is 21.8 Å². The minimum atomic E-state index is -3.46. The van der Waals surface area contributed by atoms with Crippen LogP contribution in [-0.4, -0.2) is 37.0 Å². The average Bonchev–Trinajstić information content (AvgIpc) is 2.69. The van der Waals surface area contributed by atoms with E-state index in [2.05, 4.69) is 21.1 Å². The van der Waals surface area contributed by atoms with Crippen molar-refractivity contribution < 1.29 is 17.9 Å². The van der Waals surface area contributed by atoms with Crippen molar-refractivity contribution in [3.8, 4) is 0 Å². The molecule has 8 heteroatoms. The van der Waals surface area contributed by atoms with Crippen molar-refractivity contribution in [3.05, 3.63) is 24.4 Å². The minimum absolute atomic E-state index is 0.0161. The lowest BCUT2D eigenvalue weighted by molar-refractivity contribution is 0.0593. The van der Waals surface area contributed by atoms with Gasteiger partial charge in [-0.1, -0.05) is 6.08 Å². The number of methoxy groups -OCH3 is 1. The second kappa shape index (κ2) is 6.37. The van der Waals surface area contributed by atoms with Crippen LogP contribution in [0.15, 0.2) is 18.7 Å². The van der Waals surface area contributed by atoms with Gasteiger partial charge >= 0.3 is 5.97 Å². The predicted molar refractivity (Wildman–Crippen MR) is 71.4 cm³/mol. The Hall–Kier alpha value is -1.83. The van der Waals surface area contributed by atoms with Gasteiger partial charge in [-0.25, -0.2) is 13.2 Å². The average molecular weight is 287 g/mol. The molecule has 0 fully saturated rings. The SMILES string of the molecule is C=CCCCS(=O)(=O)Nc1cc(C(=O)OC)nn1C. The fraction of sp³-hybridized carbons (Fsp3) is 0.455. The molecule has 0 radical (unpaired) electrons. The van der Waals surface area contributed by atoms with Gasteiger partial charge in [0, 0.05) is 13.1 Å². The number of allylic oxidation sites excluding steroid dienone is 1. The van der Waals surface area contributed by atoms with Crippen molar-refractivity contribution in [3.63, 3.8) is 0 Å². The molecule has 0 amide bonds. The number of anilines is 1. The van der Waals surface area contributed by atoms with Gasteiger partial charge < -0.3 is 4.74 Å². The number of hydrogen-bond acceptors (Lipinski definition) is 5. The first-order valence-electron chi connectivity index (χ1n) is 5.63. The van der Waals surface area contributed by atoms with E-state index in [4.69, 9.17) is 0 Å². The molecule has 0 unspecified atom stereocenters. The number of sulfonamides is 1. The molecule has 1 heterocycles. The molecule has 106 valence electrons. The van der Waals surface area contributed by atoms with E-state index < -0.39 is 16.0 Å². The Labute approximate surface area is 112 Å². The molecule has 0 saturated heterocycles. The van der Waals surface area contributed by atoms with E-state index in [0.717, 1.165) is 0 Å². The summed E-state index contributed by atoms with van der Waals surface area (Å²) in [6, 6.07) is 1.33. The van der Waals surface area contributed by atoms with Crippen molar-refractivity contribution >= 4 is 21.8 Å². The summed E-state index contributed by atoms with van der Waals surface area (Å²) >= 11 is 0. The lowest BCUT2D eigenvalue weighted by Gasteiger charge is -2.06. The summed E-state index contributed by atoms with van der Waals surface area (Å²) in [4.78, 5) is 11.3. The number of rotatable bonds is 7. The van der Waals surface area contributed by atoms with Crippen LogP contribution in [0.25, 0.3) is 0 Å². The number of aromatic nitrogens is 2. The summed E-state index contributed by atoms with van der Waals surface area (Å²) in [6.45, 7) is 3.53. The second-order valence-corrected chi connectivity index (χ2v) is 5.72. The smallest absolute Gasteiger partial charge is 0.358 e. The van der Waals surface area contributed by atoms with Crippen molar-refractivity contribution in [2.75, 3.05) is 17.6 Å². The van der Waals surface area contributed by atoms with Crippen LogP contribution in [0.1, 0.15) is 23.3 Å². The molecular weight excluding hydrogens is 270 g/mol. The third-order valence-corrected chi connectivity index (χ3v) is 3.70. The van der Waals surface area contributed by atoms with Crippen LogP contribution in [0.5, 0.6) is 0 Å². The quantitative estimate of drug-likeness (QED) is 0.457. The number of nitrogens with one attached hydrogen (secondary N) is 1. The van der Waals surface area contributed by atoms with E-state index in [9.17, 15) is 13.2 Å². The zero-order valence-electron chi connectivity index (χ0n) is 10.9. The number of aryl methyl sites for hydroxylation is 1. The molecule has 1 aromatic rings. The zero-order chi connectivity index (χ0) is 14.5. The minimum Gasteiger partial charge on any atom is -0.464 e. The highest BCUT2D eigenvalue weighted by molar-refractivity contribution is 7.92. The maximum Gasteiger partial charge on any atom is 0.358 e. The van der Waals surface area contributed by atoms with E-state index >= 15 is 0 Å². The Balaban J connectivity index is 2.79. The highest BCUT2D eigenvalue weighted by Gasteiger charge is 2.17. The summed E-state index contributed by atoms with van der Waals surface area (Å²) < 4.78 is 31.7. The van der Waals surface area contributed by atoms with E-state index in [0.29, 0.717) is 12.8 Å². The number of nitrogens with zero attached hydrogens (tertiary/aromatic N) is 2. The number of ether oxygens (including phenoxy) is 1. The fourth-order valence-corrected chi connectivity index (χ4v) is 2.55. The highest BCUT2D eigenvalue weighted by atomic mass is 32.2. The maximum atomic E-state index is 11.8. The lowest BCUT2D eigenvalue weighted by atomic mass is 10.3. The molecule has 0 bridgehead atoms. The largest absolute Gasteiger partial charge is 0.464 e. The first-order chi connectivity index (χ1) is 8.89. The number of hydrogen-bond donors (Lipinski definition) is 1. The maximum absolute atomic E-state index is 11.8. The van der Waals surface area contributed by atoms with Crippen LogP contribution in [0.3, 0.4) is 0 Å². The molecule has 0 aliphatic carbocycles. The van der Waals surface area contributed by atoms with Crippen molar-refractivity contribution in [1.82, 2.24) is 9.78 Å². The molecule has 1 N–H and O–H groups in total. The summed E-state index contributed by atoms with van der Waals surface area (Å²) in [5.41, 5.74) is 0.0498. The number of unbranched alkanes of at least 4 members (excludes halogenated alkanes) is 1. The molecule has 0 aliphatic rings. The van der Waals surface area contributed by atoms with Crippen LogP contribution in [0.2, 0.25) is 0 Å². The molecule has 0 aromatic carbocycles. The molecule has 1 rings (SSSR count). The topological polar surface area (TPSA) is 90.3 Å². The van der Waals surface area contributed by atoms with Gasteiger partial charge in [-0.15, -0.1) is 6.58 Å². The van der Waals surface area contributed by atoms with Gasteiger partial charge in [0.05, 0.1) is 12.9 Å². The van der Waals surface area contributed by atoms with E-state index in [1.165, 1.54) is 24.9 Å². The van der Waals surface area contributed by atoms with Gasteiger partial charge in [0.1, 0.15) is 5.82 Å². The summed E-state index contributed by atoms with van der Waals surface area (Å²) in [6.07, 6.45) is 2.77. The molecule has 0 saturated carbocycles. The lowest BCUT2D eigenvalue weighted by Crippen LogP contribution is -2.18.